The van der Waals surface area contributed by atoms with E-state index in [4.69, 9.17) is 0 Å². The zero-order valence-corrected chi connectivity index (χ0v) is 18.0. The Bertz CT molecular complexity index is 937. The van der Waals surface area contributed by atoms with Crippen molar-refractivity contribution >= 4 is 21.6 Å². The molecule has 1 saturated carbocycles. The first kappa shape index (κ1) is 21.3. The van der Waals surface area contributed by atoms with E-state index in [0.717, 1.165) is 12.8 Å². The maximum atomic E-state index is 12.5. The summed E-state index contributed by atoms with van der Waals surface area (Å²) >= 11 is 0. The number of rotatable bonds is 9. The fraction of sp³-hybridized carbons (Fsp3) is 0.409. The van der Waals surface area contributed by atoms with Gasteiger partial charge in [-0.25, -0.2) is 8.42 Å². The van der Waals surface area contributed by atoms with Gasteiger partial charge < -0.3 is 10.6 Å². The largest absolute Gasteiger partial charge is 0.376 e. The van der Waals surface area contributed by atoms with E-state index in [1.165, 1.54) is 9.87 Å². The van der Waals surface area contributed by atoms with Crippen LogP contribution in [0.1, 0.15) is 32.3 Å². The number of nitrogens with zero attached hydrogens (tertiary/aromatic N) is 1. The minimum absolute atomic E-state index is 0.0787. The zero-order valence-electron chi connectivity index (χ0n) is 17.2. The molecule has 29 heavy (non-hydrogen) atoms. The molecule has 3 rings (SSSR count). The minimum Gasteiger partial charge on any atom is -0.376 e. The monoisotopic (exact) mass is 415 g/mol. The molecule has 1 aliphatic rings. The molecule has 0 spiro atoms. The van der Waals surface area contributed by atoms with Crippen molar-refractivity contribution in [2.75, 3.05) is 25.5 Å². The number of carbonyl (C=O) groups excluding carboxylic acids is 1. The summed E-state index contributed by atoms with van der Waals surface area (Å²) in [6, 6.07) is 16.6. The van der Waals surface area contributed by atoms with E-state index in [9.17, 15) is 13.2 Å². The van der Waals surface area contributed by atoms with Gasteiger partial charge in [-0.2, -0.15) is 4.31 Å². The average Bonchev–Trinajstić information content (AvgIpc) is 3.52. The standard InChI is InChI=1S/C22H29N3O3S/c1-17(2)25(3)29(27,28)20-11-9-19(10-12-20)23-15-21(26)24-16-22(13-14-22)18-7-5-4-6-8-18/h4-12,17,23H,13-16H2,1-3H3,(H,24,26). The first-order chi connectivity index (χ1) is 13.7. The fourth-order valence-corrected chi connectivity index (χ4v) is 4.58. The molecule has 1 amide bonds. The van der Waals surface area contributed by atoms with Crippen LogP contribution in [0.2, 0.25) is 0 Å². The third-order valence-corrected chi connectivity index (χ3v) is 7.62. The highest BCUT2D eigenvalue weighted by Gasteiger charge is 2.44. The van der Waals surface area contributed by atoms with Crippen molar-refractivity contribution in [2.24, 2.45) is 0 Å². The third kappa shape index (κ3) is 4.97. The second kappa shape index (κ2) is 8.55. The predicted molar refractivity (Wildman–Crippen MR) is 115 cm³/mol. The summed E-state index contributed by atoms with van der Waals surface area (Å²) in [6.45, 7) is 4.43. The van der Waals surface area contributed by atoms with Gasteiger partial charge in [0.05, 0.1) is 11.4 Å². The van der Waals surface area contributed by atoms with Crippen LogP contribution < -0.4 is 10.6 Å². The smallest absolute Gasteiger partial charge is 0.243 e. The quantitative estimate of drug-likeness (QED) is 0.660. The lowest BCUT2D eigenvalue weighted by atomic mass is 9.96. The molecule has 0 bridgehead atoms. The van der Waals surface area contributed by atoms with Gasteiger partial charge in [0.15, 0.2) is 0 Å². The van der Waals surface area contributed by atoms with Crippen LogP contribution in [0.3, 0.4) is 0 Å². The SMILES string of the molecule is CC(C)N(C)S(=O)(=O)c1ccc(NCC(=O)NCC2(c3ccccc3)CC2)cc1. The first-order valence-corrected chi connectivity index (χ1v) is 11.3. The minimum atomic E-state index is -3.50. The van der Waals surface area contributed by atoms with Gasteiger partial charge in [0.1, 0.15) is 0 Å². The van der Waals surface area contributed by atoms with E-state index in [-0.39, 0.29) is 28.8 Å². The number of benzene rings is 2. The lowest BCUT2D eigenvalue weighted by Gasteiger charge is -2.21. The fourth-order valence-electron chi connectivity index (χ4n) is 3.21. The molecule has 7 heteroatoms. The van der Waals surface area contributed by atoms with E-state index >= 15 is 0 Å². The van der Waals surface area contributed by atoms with Crippen LogP contribution in [-0.4, -0.2) is 44.8 Å². The van der Waals surface area contributed by atoms with Gasteiger partial charge in [0, 0.05) is 30.7 Å². The van der Waals surface area contributed by atoms with Crippen LogP contribution in [-0.2, 0) is 20.2 Å². The summed E-state index contributed by atoms with van der Waals surface area (Å²) in [6.07, 6.45) is 2.18. The molecule has 2 aromatic rings. The Morgan fingerprint density at radius 1 is 1.07 bits per heavy atom. The summed E-state index contributed by atoms with van der Waals surface area (Å²) in [5.41, 5.74) is 2.06. The van der Waals surface area contributed by atoms with Gasteiger partial charge in [0.25, 0.3) is 0 Å². The highest BCUT2D eigenvalue weighted by Crippen LogP contribution is 2.47. The Labute approximate surface area is 173 Å². The molecule has 1 aliphatic carbocycles. The summed E-state index contributed by atoms with van der Waals surface area (Å²) < 4.78 is 26.3. The molecule has 0 atom stereocenters. The van der Waals surface area contributed by atoms with Crippen LogP contribution in [0.25, 0.3) is 0 Å². The molecule has 6 nitrogen and oxygen atoms in total. The zero-order chi connectivity index (χ0) is 21.1. The number of anilines is 1. The van der Waals surface area contributed by atoms with Crippen molar-refractivity contribution in [3.05, 3.63) is 60.2 Å². The molecule has 0 heterocycles. The van der Waals surface area contributed by atoms with Crippen molar-refractivity contribution in [1.82, 2.24) is 9.62 Å². The number of carbonyl (C=O) groups is 1. The van der Waals surface area contributed by atoms with Crippen LogP contribution >= 0.6 is 0 Å². The van der Waals surface area contributed by atoms with E-state index in [0.29, 0.717) is 12.2 Å². The topological polar surface area (TPSA) is 78.5 Å². The van der Waals surface area contributed by atoms with Crippen LogP contribution in [0.5, 0.6) is 0 Å². The normalized spacial score (nSPS) is 15.3. The second-order valence-corrected chi connectivity index (χ2v) is 9.91. The van der Waals surface area contributed by atoms with Crippen LogP contribution in [0.4, 0.5) is 5.69 Å². The number of hydrogen-bond donors (Lipinski definition) is 2. The Balaban J connectivity index is 1.51. The Morgan fingerprint density at radius 2 is 1.69 bits per heavy atom. The van der Waals surface area contributed by atoms with Gasteiger partial charge in [-0.05, 0) is 56.5 Å². The van der Waals surface area contributed by atoms with Crippen molar-refractivity contribution < 1.29 is 13.2 Å². The van der Waals surface area contributed by atoms with Gasteiger partial charge >= 0.3 is 0 Å². The lowest BCUT2D eigenvalue weighted by Crippen LogP contribution is -2.36. The maximum absolute atomic E-state index is 12.5. The predicted octanol–water partition coefficient (Wildman–Crippen LogP) is 2.98. The summed E-state index contributed by atoms with van der Waals surface area (Å²) in [5, 5.41) is 6.06. The highest BCUT2D eigenvalue weighted by molar-refractivity contribution is 7.89. The first-order valence-electron chi connectivity index (χ1n) is 9.89. The van der Waals surface area contributed by atoms with E-state index in [2.05, 4.69) is 22.8 Å². The second-order valence-electron chi connectivity index (χ2n) is 7.92. The maximum Gasteiger partial charge on any atom is 0.243 e. The molecule has 156 valence electrons. The molecule has 2 aromatic carbocycles. The Hall–Kier alpha value is -2.38. The molecule has 0 radical (unpaired) electrons. The van der Waals surface area contributed by atoms with Crippen molar-refractivity contribution in [1.29, 1.82) is 0 Å². The Kier molecular flexibility index (Phi) is 6.29. The highest BCUT2D eigenvalue weighted by atomic mass is 32.2. The molecular weight excluding hydrogens is 386 g/mol. The third-order valence-electron chi connectivity index (χ3n) is 5.58. The molecular formula is C22H29N3O3S. The van der Waals surface area contributed by atoms with Crippen LogP contribution in [0.15, 0.2) is 59.5 Å². The summed E-state index contributed by atoms with van der Waals surface area (Å²) in [4.78, 5) is 12.5. The van der Waals surface area contributed by atoms with Crippen LogP contribution in [0, 0.1) is 0 Å². The van der Waals surface area contributed by atoms with Gasteiger partial charge in [0.2, 0.25) is 15.9 Å². The number of amides is 1. The molecule has 0 aromatic heterocycles. The molecule has 0 aliphatic heterocycles. The molecule has 0 saturated heterocycles. The van der Waals surface area contributed by atoms with E-state index < -0.39 is 10.0 Å². The van der Waals surface area contributed by atoms with Crippen molar-refractivity contribution in [2.45, 2.75) is 43.0 Å². The van der Waals surface area contributed by atoms with E-state index in [1.807, 2.05) is 32.0 Å². The number of hydrogen-bond acceptors (Lipinski definition) is 4. The Morgan fingerprint density at radius 3 is 2.24 bits per heavy atom. The van der Waals surface area contributed by atoms with Gasteiger partial charge in [-0.3, -0.25) is 4.79 Å². The lowest BCUT2D eigenvalue weighted by molar-refractivity contribution is -0.119. The average molecular weight is 416 g/mol. The summed E-state index contributed by atoms with van der Waals surface area (Å²) in [5.74, 6) is -0.0801. The number of sulfonamides is 1. The number of nitrogens with one attached hydrogen (secondary N) is 2. The molecule has 1 fully saturated rings. The van der Waals surface area contributed by atoms with Crippen molar-refractivity contribution in [3.8, 4) is 0 Å². The molecule has 2 N–H and O–H groups in total. The van der Waals surface area contributed by atoms with E-state index in [1.54, 1.807) is 31.3 Å². The summed E-state index contributed by atoms with van der Waals surface area (Å²) in [7, 11) is -1.94. The molecule has 0 unspecified atom stereocenters. The van der Waals surface area contributed by atoms with Gasteiger partial charge in [-0.15, -0.1) is 0 Å². The van der Waals surface area contributed by atoms with Gasteiger partial charge in [-0.1, -0.05) is 30.3 Å². The van der Waals surface area contributed by atoms with Crippen molar-refractivity contribution in [3.63, 3.8) is 0 Å².